The van der Waals surface area contributed by atoms with E-state index in [0.29, 0.717) is 24.2 Å². The number of halogens is 1. The summed E-state index contributed by atoms with van der Waals surface area (Å²) >= 11 is 0. The Bertz CT molecular complexity index is 600. The number of amides is 2. The van der Waals surface area contributed by atoms with Gasteiger partial charge in [-0.3, -0.25) is 14.5 Å². The molecule has 2 aliphatic rings. The summed E-state index contributed by atoms with van der Waals surface area (Å²) in [5.41, 5.74) is 0.505. The van der Waals surface area contributed by atoms with Crippen molar-refractivity contribution in [2.75, 3.05) is 7.11 Å². The maximum atomic E-state index is 13.4. The van der Waals surface area contributed by atoms with E-state index in [1.807, 2.05) is 12.2 Å². The molecule has 0 spiro atoms. The first-order valence-corrected chi connectivity index (χ1v) is 6.94. The summed E-state index contributed by atoms with van der Waals surface area (Å²) in [4.78, 5) is 26.0. The molecule has 1 aliphatic heterocycles. The van der Waals surface area contributed by atoms with E-state index < -0.39 is 5.82 Å². The lowest BCUT2D eigenvalue weighted by molar-refractivity contribution is -0.140. The number of benzene rings is 1. The molecule has 110 valence electrons. The third kappa shape index (κ3) is 2.33. The van der Waals surface area contributed by atoms with Gasteiger partial charge in [0.25, 0.3) is 0 Å². The number of hydrogen-bond acceptors (Lipinski definition) is 3. The number of ether oxygens (including phenoxy) is 1. The fourth-order valence-corrected chi connectivity index (χ4v) is 3.07. The zero-order valence-electron chi connectivity index (χ0n) is 11.7. The molecule has 0 N–H and O–H groups in total. The summed E-state index contributed by atoms with van der Waals surface area (Å²) in [6.45, 7) is 0.0611. The van der Waals surface area contributed by atoms with Gasteiger partial charge in [-0.1, -0.05) is 12.2 Å². The van der Waals surface area contributed by atoms with Crippen molar-refractivity contribution in [1.82, 2.24) is 4.90 Å². The van der Waals surface area contributed by atoms with Crippen molar-refractivity contribution in [2.45, 2.75) is 19.4 Å². The second-order valence-electron chi connectivity index (χ2n) is 5.37. The number of fused-ring (bicyclic) bond motifs is 1. The molecule has 1 saturated heterocycles. The van der Waals surface area contributed by atoms with Crippen LogP contribution in [0.2, 0.25) is 0 Å². The molecule has 2 unspecified atom stereocenters. The Labute approximate surface area is 122 Å². The molecule has 0 bridgehead atoms. The first kappa shape index (κ1) is 13.8. The number of rotatable bonds is 3. The van der Waals surface area contributed by atoms with Crippen LogP contribution in [-0.2, 0) is 16.1 Å². The van der Waals surface area contributed by atoms with Gasteiger partial charge in [0.05, 0.1) is 25.5 Å². The number of allylic oxidation sites excluding steroid dienone is 2. The molecule has 2 atom stereocenters. The number of carbonyl (C=O) groups excluding carboxylic acids is 2. The van der Waals surface area contributed by atoms with Crippen LogP contribution in [0, 0.1) is 17.7 Å². The monoisotopic (exact) mass is 289 g/mol. The van der Waals surface area contributed by atoms with Crippen molar-refractivity contribution in [3.8, 4) is 5.75 Å². The van der Waals surface area contributed by atoms with Gasteiger partial charge in [-0.05, 0) is 31.0 Å². The van der Waals surface area contributed by atoms with E-state index >= 15 is 0 Å². The van der Waals surface area contributed by atoms with Gasteiger partial charge in [0, 0.05) is 5.56 Å². The van der Waals surface area contributed by atoms with Gasteiger partial charge in [0.1, 0.15) is 11.6 Å². The fraction of sp³-hybridized carbons (Fsp3) is 0.375. The molecule has 4 nitrogen and oxygen atoms in total. The van der Waals surface area contributed by atoms with E-state index in [1.54, 1.807) is 0 Å². The first-order chi connectivity index (χ1) is 10.1. The second kappa shape index (κ2) is 5.31. The zero-order chi connectivity index (χ0) is 15.0. The molecule has 1 aliphatic carbocycles. The first-order valence-electron chi connectivity index (χ1n) is 6.94. The quantitative estimate of drug-likeness (QED) is 0.633. The maximum Gasteiger partial charge on any atom is 0.233 e. The van der Waals surface area contributed by atoms with Crippen LogP contribution >= 0.6 is 0 Å². The largest absolute Gasteiger partial charge is 0.496 e. The molecule has 1 heterocycles. The molecule has 21 heavy (non-hydrogen) atoms. The third-order valence-electron chi connectivity index (χ3n) is 4.17. The third-order valence-corrected chi connectivity index (χ3v) is 4.17. The van der Waals surface area contributed by atoms with E-state index in [2.05, 4.69) is 0 Å². The van der Waals surface area contributed by atoms with Gasteiger partial charge in [-0.15, -0.1) is 0 Å². The van der Waals surface area contributed by atoms with E-state index in [0.717, 1.165) is 0 Å². The van der Waals surface area contributed by atoms with Crippen LogP contribution in [0.15, 0.2) is 30.4 Å². The molecule has 0 radical (unpaired) electrons. The zero-order valence-corrected chi connectivity index (χ0v) is 11.7. The Morgan fingerprint density at radius 1 is 1.19 bits per heavy atom. The van der Waals surface area contributed by atoms with E-state index in [1.165, 1.54) is 30.2 Å². The molecule has 2 amide bonds. The Kier molecular flexibility index (Phi) is 3.49. The molecule has 0 aromatic heterocycles. The standard InChI is InChI=1S/C16H16FNO3/c1-21-14-7-6-11(17)8-10(14)9-18-15(19)12-4-2-3-5-13(12)16(18)20/h2-3,6-8,12-13H,4-5,9H2,1H3. The van der Waals surface area contributed by atoms with E-state index in [9.17, 15) is 14.0 Å². The summed E-state index contributed by atoms with van der Waals surface area (Å²) in [5, 5.41) is 0. The summed E-state index contributed by atoms with van der Waals surface area (Å²) < 4.78 is 18.6. The Hall–Kier alpha value is -2.17. The Morgan fingerprint density at radius 3 is 2.38 bits per heavy atom. The van der Waals surface area contributed by atoms with Crippen molar-refractivity contribution in [2.24, 2.45) is 11.8 Å². The van der Waals surface area contributed by atoms with Crippen LogP contribution in [0.5, 0.6) is 5.75 Å². The normalized spacial score (nSPS) is 24.4. The average Bonchev–Trinajstić information content (AvgIpc) is 2.73. The number of imide groups is 1. The van der Waals surface area contributed by atoms with Gasteiger partial charge in [0.2, 0.25) is 11.8 Å². The van der Waals surface area contributed by atoms with Gasteiger partial charge in [0.15, 0.2) is 0 Å². The molecule has 1 aromatic carbocycles. The van der Waals surface area contributed by atoms with Gasteiger partial charge < -0.3 is 4.74 Å². The molecule has 1 fully saturated rings. The van der Waals surface area contributed by atoms with Crippen LogP contribution < -0.4 is 4.74 Å². The van der Waals surface area contributed by atoms with Crippen LogP contribution in [0.3, 0.4) is 0 Å². The smallest absolute Gasteiger partial charge is 0.233 e. The maximum absolute atomic E-state index is 13.4. The molecule has 5 heteroatoms. The van der Waals surface area contributed by atoms with Crippen LogP contribution in [0.25, 0.3) is 0 Å². The second-order valence-corrected chi connectivity index (χ2v) is 5.37. The van der Waals surface area contributed by atoms with E-state index in [-0.39, 0.29) is 30.2 Å². The van der Waals surface area contributed by atoms with Crippen LogP contribution in [-0.4, -0.2) is 23.8 Å². The highest BCUT2D eigenvalue weighted by Gasteiger charge is 2.47. The summed E-state index contributed by atoms with van der Waals surface area (Å²) in [5.74, 6) is -0.792. The lowest BCUT2D eigenvalue weighted by Gasteiger charge is -2.17. The molecule has 3 rings (SSSR count). The van der Waals surface area contributed by atoms with Crippen molar-refractivity contribution in [3.63, 3.8) is 0 Å². The van der Waals surface area contributed by atoms with Crippen molar-refractivity contribution in [3.05, 3.63) is 41.7 Å². The SMILES string of the molecule is COc1ccc(F)cc1CN1C(=O)C2CC=CCC2C1=O. The highest BCUT2D eigenvalue weighted by atomic mass is 19.1. The fourth-order valence-electron chi connectivity index (χ4n) is 3.07. The minimum Gasteiger partial charge on any atom is -0.496 e. The topological polar surface area (TPSA) is 46.6 Å². The van der Waals surface area contributed by atoms with Crippen LogP contribution in [0.4, 0.5) is 4.39 Å². The van der Waals surface area contributed by atoms with E-state index in [4.69, 9.17) is 4.74 Å². The summed E-state index contributed by atoms with van der Waals surface area (Å²) in [7, 11) is 1.48. The number of methoxy groups -OCH3 is 1. The van der Waals surface area contributed by atoms with Gasteiger partial charge in [-0.25, -0.2) is 4.39 Å². The number of hydrogen-bond donors (Lipinski definition) is 0. The predicted octanol–water partition coefficient (Wildman–Crippen LogP) is 2.29. The van der Waals surface area contributed by atoms with Crippen molar-refractivity contribution < 1.29 is 18.7 Å². The molecular weight excluding hydrogens is 273 g/mol. The highest BCUT2D eigenvalue weighted by Crippen LogP contribution is 2.36. The van der Waals surface area contributed by atoms with Gasteiger partial charge >= 0.3 is 0 Å². The molecular formula is C16H16FNO3. The lowest BCUT2D eigenvalue weighted by Crippen LogP contribution is -2.30. The minimum atomic E-state index is -0.413. The predicted molar refractivity (Wildman–Crippen MR) is 73.9 cm³/mol. The molecule has 0 saturated carbocycles. The summed E-state index contributed by atoms with van der Waals surface area (Å²) in [6.07, 6.45) is 5.09. The van der Waals surface area contributed by atoms with Gasteiger partial charge in [-0.2, -0.15) is 0 Å². The van der Waals surface area contributed by atoms with Crippen LogP contribution in [0.1, 0.15) is 18.4 Å². The number of nitrogens with zero attached hydrogens (tertiary/aromatic N) is 1. The Morgan fingerprint density at radius 2 is 1.81 bits per heavy atom. The lowest BCUT2D eigenvalue weighted by atomic mass is 9.85. The van der Waals surface area contributed by atoms with Crippen molar-refractivity contribution >= 4 is 11.8 Å². The summed E-state index contributed by atoms with van der Waals surface area (Å²) in [6, 6.07) is 4.10. The number of carbonyl (C=O) groups is 2. The average molecular weight is 289 g/mol. The minimum absolute atomic E-state index is 0.0611. The highest BCUT2D eigenvalue weighted by molar-refractivity contribution is 6.05. The molecule has 1 aromatic rings. The number of likely N-dealkylation sites (tertiary alicyclic amines) is 1. The van der Waals surface area contributed by atoms with Crippen molar-refractivity contribution in [1.29, 1.82) is 0 Å². The Balaban J connectivity index is 1.87.